The molecule has 0 bridgehead atoms. The van der Waals surface area contributed by atoms with Crippen molar-refractivity contribution in [3.63, 3.8) is 0 Å². The lowest BCUT2D eigenvalue weighted by molar-refractivity contribution is -0.146. The van der Waals surface area contributed by atoms with Crippen LogP contribution < -0.4 is 5.32 Å². The summed E-state index contributed by atoms with van der Waals surface area (Å²) in [6.07, 6.45) is 0.345. The van der Waals surface area contributed by atoms with Crippen molar-refractivity contribution in [1.82, 2.24) is 10.2 Å². The van der Waals surface area contributed by atoms with Crippen LogP contribution in [0.4, 0.5) is 4.79 Å². The number of hydrogen-bond acceptors (Lipinski definition) is 4. The van der Waals surface area contributed by atoms with Crippen molar-refractivity contribution in [2.24, 2.45) is 5.92 Å². The summed E-state index contributed by atoms with van der Waals surface area (Å²) in [4.78, 5) is 37.0. The van der Waals surface area contributed by atoms with Crippen LogP contribution in [-0.4, -0.2) is 53.7 Å². The standard InChI is InChI=1S/C26H32N2O5/c1-17(2)28(15-25(30)31)24(29)14-18(3)12-13-27-26(32)33-16-23-21-10-6-4-8-19(21)20-9-5-7-11-22(20)23/h4-11,17-18,23H,12-16H2,1-3H3,(H,27,32)(H,30,31). The molecule has 1 unspecified atom stereocenters. The summed E-state index contributed by atoms with van der Waals surface area (Å²) < 4.78 is 5.53. The summed E-state index contributed by atoms with van der Waals surface area (Å²) in [5.41, 5.74) is 4.68. The molecule has 0 saturated heterocycles. The van der Waals surface area contributed by atoms with Crippen molar-refractivity contribution in [2.45, 2.75) is 45.6 Å². The van der Waals surface area contributed by atoms with Crippen LogP contribution in [0.1, 0.15) is 50.7 Å². The van der Waals surface area contributed by atoms with Gasteiger partial charge in [-0.05, 0) is 48.4 Å². The molecule has 1 atom stereocenters. The van der Waals surface area contributed by atoms with Gasteiger partial charge in [0.2, 0.25) is 5.91 Å². The minimum Gasteiger partial charge on any atom is -0.480 e. The van der Waals surface area contributed by atoms with Gasteiger partial charge < -0.3 is 20.1 Å². The number of nitrogens with one attached hydrogen (secondary N) is 1. The van der Waals surface area contributed by atoms with Crippen LogP contribution >= 0.6 is 0 Å². The summed E-state index contributed by atoms with van der Waals surface area (Å²) in [6.45, 7) is 5.84. The summed E-state index contributed by atoms with van der Waals surface area (Å²) in [5, 5.41) is 11.8. The average molecular weight is 453 g/mol. The smallest absolute Gasteiger partial charge is 0.407 e. The van der Waals surface area contributed by atoms with E-state index >= 15 is 0 Å². The van der Waals surface area contributed by atoms with E-state index in [1.807, 2.05) is 31.2 Å². The Bertz CT molecular complexity index is 958. The fourth-order valence-electron chi connectivity index (χ4n) is 4.29. The molecule has 0 aliphatic heterocycles. The van der Waals surface area contributed by atoms with Crippen LogP contribution in [0.5, 0.6) is 0 Å². The second-order valence-corrected chi connectivity index (χ2v) is 8.86. The minimum atomic E-state index is -1.03. The SMILES string of the molecule is CC(CCNC(=O)OCC1c2ccccc2-c2ccccc21)CC(=O)N(CC(=O)O)C(C)C. The lowest BCUT2D eigenvalue weighted by Gasteiger charge is -2.26. The minimum absolute atomic E-state index is 0.00132. The monoisotopic (exact) mass is 452 g/mol. The zero-order valence-corrected chi connectivity index (χ0v) is 19.4. The van der Waals surface area contributed by atoms with E-state index < -0.39 is 12.1 Å². The number of rotatable bonds is 10. The van der Waals surface area contributed by atoms with Crippen LogP contribution in [0.15, 0.2) is 48.5 Å². The van der Waals surface area contributed by atoms with Crippen LogP contribution in [-0.2, 0) is 14.3 Å². The summed E-state index contributed by atoms with van der Waals surface area (Å²) in [5.74, 6) is -1.21. The first-order valence-corrected chi connectivity index (χ1v) is 11.4. The van der Waals surface area contributed by atoms with Gasteiger partial charge in [-0.25, -0.2) is 4.79 Å². The number of aliphatic carboxylic acids is 1. The van der Waals surface area contributed by atoms with Crippen molar-refractivity contribution < 1.29 is 24.2 Å². The van der Waals surface area contributed by atoms with Gasteiger partial charge in [0, 0.05) is 24.9 Å². The maximum absolute atomic E-state index is 12.4. The van der Waals surface area contributed by atoms with Gasteiger partial charge >= 0.3 is 12.1 Å². The van der Waals surface area contributed by atoms with Crippen LogP contribution in [0.25, 0.3) is 11.1 Å². The lowest BCUT2D eigenvalue weighted by Crippen LogP contribution is -2.41. The lowest BCUT2D eigenvalue weighted by atomic mass is 9.98. The van der Waals surface area contributed by atoms with Crippen molar-refractivity contribution in [1.29, 1.82) is 0 Å². The molecule has 7 heteroatoms. The third-order valence-corrected chi connectivity index (χ3v) is 6.02. The third kappa shape index (κ3) is 6.12. The number of ether oxygens (including phenoxy) is 1. The molecule has 33 heavy (non-hydrogen) atoms. The van der Waals surface area contributed by atoms with Crippen LogP contribution in [0.3, 0.4) is 0 Å². The Labute approximate surface area is 194 Å². The van der Waals surface area contributed by atoms with Gasteiger partial charge in [-0.2, -0.15) is 0 Å². The van der Waals surface area contributed by atoms with Crippen molar-refractivity contribution in [2.75, 3.05) is 19.7 Å². The topological polar surface area (TPSA) is 95.9 Å². The molecule has 1 aliphatic rings. The van der Waals surface area contributed by atoms with E-state index in [9.17, 15) is 14.4 Å². The molecule has 0 heterocycles. The second kappa shape index (κ2) is 11.0. The number of carboxylic acid groups (broad SMARTS) is 1. The van der Waals surface area contributed by atoms with Crippen molar-refractivity contribution >= 4 is 18.0 Å². The molecule has 0 spiro atoms. The fraction of sp³-hybridized carbons (Fsp3) is 0.423. The number of carbonyl (C=O) groups excluding carboxylic acids is 2. The molecule has 2 aromatic carbocycles. The molecule has 1 aliphatic carbocycles. The maximum atomic E-state index is 12.4. The summed E-state index contributed by atoms with van der Waals surface area (Å²) >= 11 is 0. The van der Waals surface area contributed by atoms with Gasteiger partial charge in [0.05, 0.1) is 0 Å². The number of fused-ring (bicyclic) bond motifs is 3. The molecule has 0 saturated carbocycles. The molecule has 0 fully saturated rings. The van der Waals surface area contributed by atoms with E-state index in [1.165, 1.54) is 16.0 Å². The first-order valence-electron chi connectivity index (χ1n) is 11.4. The highest BCUT2D eigenvalue weighted by atomic mass is 16.5. The number of benzene rings is 2. The number of carbonyl (C=O) groups is 3. The van der Waals surface area contributed by atoms with Crippen LogP contribution in [0, 0.1) is 5.92 Å². The molecule has 2 amide bonds. The molecule has 0 radical (unpaired) electrons. The van der Waals surface area contributed by atoms with E-state index in [0.29, 0.717) is 13.0 Å². The Morgan fingerprint density at radius 1 is 1.00 bits per heavy atom. The van der Waals surface area contributed by atoms with Crippen LogP contribution in [0.2, 0.25) is 0 Å². The molecule has 3 rings (SSSR count). The molecular weight excluding hydrogens is 420 g/mol. The molecular formula is C26H32N2O5. The highest BCUT2D eigenvalue weighted by molar-refractivity contribution is 5.82. The highest BCUT2D eigenvalue weighted by Crippen LogP contribution is 2.44. The quantitative estimate of drug-likeness (QED) is 0.561. The van der Waals surface area contributed by atoms with Crippen molar-refractivity contribution in [3.8, 4) is 11.1 Å². The van der Waals surface area contributed by atoms with E-state index in [0.717, 1.165) is 11.1 Å². The number of carboxylic acids is 1. The average Bonchev–Trinajstić information content (AvgIpc) is 3.09. The van der Waals surface area contributed by atoms with Crippen molar-refractivity contribution in [3.05, 3.63) is 59.7 Å². The van der Waals surface area contributed by atoms with Gasteiger partial charge in [0.15, 0.2) is 0 Å². The number of amides is 2. The highest BCUT2D eigenvalue weighted by Gasteiger charge is 2.29. The molecule has 2 aromatic rings. The summed E-state index contributed by atoms with van der Waals surface area (Å²) in [7, 11) is 0. The number of alkyl carbamates (subject to hydrolysis) is 1. The molecule has 7 nitrogen and oxygen atoms in total. The second-order valence-electron chi connectivity index (χ2n) is 8.86. The predicted molar refractivity (Wildman–Crippen MR) is 126 cm³/mol. The molecule has 0 aromatic heterocycles. The van der Waals surface area contributed by atoms with E-state index in [2.05, 4.69) is 29.6 Å². The van der Waals surface area contributed by atoms with E-state index in [1.54, 1.807) is 13.8 Å². The van der Waals surface area contributed by atoms with E-state index in [4.69, 9.17) is 9.84 Å². The van der Waals surface area contributed by atoms with Gasteiger partial charge in [-0.1, -0.05) is 55.5 Å². The third-order valence-electron chi connectivity index (χ3n) is 6.02. The normalized spacial score (nSPS) is 13.2. The Morgan fingerprint density at radius 3 is 2.12 bits per heavy atom. The Hall–Kier alpha value is -3.35. The zero-order chi connectivity index (χ0) is 24.0. The maximum Gasteiger partial charge on any atom is 0.407 e. The first-order chi connectivity index (χ1) is 15.8. The largest absolute Gasteiger partial charge is 0.480 e. The van der Waals surface area contributed by atoms with Gasteiger partial charge in [0.25, 0.3) is 0 Å². The Kier molecular flexibility index (Phi) is 8.09. The van der Waals surface area contributed by atoms with Gasteiger partial charge in [-0.15, -0.1) is 0 Å². The van der Waals surface area contributed by atoms with E-state index in [-0.39, 0.29) is 43.4 Å². The fourth-order valence-corrected chi connectivity index (χ4v) is 4.29. The number of hydrogen-bond donors (Lipinski definition) is 2. The molecule has 2 N–H and O–H groups in total. The molecule has 176 valence electrons. The first kappa shape index (κ1) is 24.3. The Morgan fingerprint density at radius 2 is 1.58 bits per heavy atom. The van der Waals surface area contributed by atoms with Gasteiger partial charge in [-0.3, -0.25) is 9.59 Å². The Balaban J connectivity index is 1.45. The zero-order valence-electron chi connectivity index (χ0n) is 19.4. The van der Waals surface area contributed by atoms with Gasteiger partial charge in [0.1, 0.15) is 13.2 Å². The number of nitrogens with zero attached hydrogens (tertiary/aromatic N) is 1. The predicted octanol–water partition coefficient (Wildman–Crippen LogP) is 4.26. The summed E-state index contributed by atoms with van der Waals surface area (Å²) in [6, 6.07) is 16.2.